The smallest absolute Gasteiger partial charge is 0.217 e. The molecule has 32 heavy (non-hydrogen) atoms. The van der Waals surface area contributed by atoms with Crippen molar-refractivity contribution < 1.29 is 4.58 Å². The highest BCUT2D eigenvalue weighted by molar-refractivity contribution is 6.07. The zero-order chi connectivity index (χ0) is 22.8. The molecule has 3 aromatic rings. The second kappa shape index (κ2) is 6.93. The van der Waals surface area contributed by atoms with E-state index >= 15 is 0 Å². The first-order valence-electron chi connectivity index (χ1n) is 11.5. The van der Waals surface area contributed by atoms with Crippen LogP contribution in [0.3, 0.4) is 0 Å². The van der Waals surface area contributed by atoms with Crippen LogP contribution in [0.4, 0.5) is 11.4 Å². The highest BCUT2D eigenvalue weighted by Gasteiger charge is 2.44. The Bertz CT molecular complexity index is 1350. The quantitative estimate of drug-likeness (QED) is 0.403. The third-order valence-electron chi connectivity index (χ3n) is 7.61. The van der Waals surface area contributed by atoms with Gasteiger partial charge < -0.3 is 4.90 Å². The molecule has 0 aromatic heterocycles. The van der Waals surface area contributed by atoms with Crippen molar-refractivity contribution >= 4 is 27.9 Å². The van der Waals surface area contributed by atoms with Crippen LogP contribution in [0.25, 0.3) is 10.8 Å². The minimum Gasteiger partial charge on any atom is -0.347 e. The van der Waals surface area contributed by atoms with Gasteiger partial charge in [-0.1, -0.05) is 68.0 Å². The van der Waals surface area contributed by atoms with E-state index in [1.54, 1.807) is 0 Å². The molecule has 0 N–H and O–H groups in total. The number of hydrogen-bond donors (Lipinski definition) is 0. The van der Waals surface area contributed by atoms with Crippen molar-refractivity contribution in [2.45, 2.75) is 45.4 Å². The molecule has 0 unspecified atom stereocenters. The summed E-state index contributed by atoms with van der Waals surface area (Å²) in [6.45, 7) is 11.5. The van der Waals surface area contributed by atoms with Crippen LogP contribution in [-0.2, 0) is 10.8 Å². The molecular formula is C30H33N2+. The van der Waals surface area contributed by atoms with E-state index in [0.29, 0.717) is 0 Å². The number of nitrogens with zero attached hydrogens (tertiary/aromatic N) is 2. The van der Waals surface area contributed by atoms with Crippen molar-refractivity contribution in [3.05, 3.63) is 95.2 Å². The minimum absolute atomic E-state index is 0.0125. The molecule has 162 valence electrons. The Morgan fingerprint density at radius 2 is 1.62 bits per heavy atom. The molecule has 0 saturated heterocycles. The highest BCUT2D eigenvalue weighted by Crippen LogP contribution is 2.47. The highest BCUT2D eigenvalue weighted by atomic mass is 15.2. The Labute approximate surface area is 192 Å². The standard InChI is InChI=1S/C30H33N2/c1-20-15-18-25-24(19-20)30(4,5)26(31(25)6)13-10-14-27-29(2,3)23-17-16-21-11-8-9-12-22(21)28(23)32(27)7/h8-19H,1-7H3/q+1. The van der Waals surface area contributed by atoms with Crippen LogP contribution in [0, 0.1) is 6.92 Å². The Morgan fingerprint density at radius 1 is 0.875 bits per heavy atom. The fraction of sp³-hybridized carbons (Fsp3) is 0.300. The zero-order valence-electron chi connectivity index (χ0n) is 20.3. The number of benzene rings is 3. The number of likely N-dealkylation sites (N-methyl/N-ethyl adjacent to an activating group) is 1. The van der Waals surface area contributed by atoms with E-state index in [0.717, 1.165) is 0 Å². The van der Waals surface area contributed by atoms with Gasteiger partial charge in [0.2, 0.25) is 5.69 Å². The fourth-order valence-electron chi connectivity index (χ4n) is 5.80. The van der Waals surface area contributed by atoms with Gasteiger partial charge in [0.25, 0.3) is 0 Å². The van der Waals surface area contributed by atoms with Gasteiger partial charge in [-0.15, -0.1) is 0 Å². The van der Waals surface area contributed by atoms with Crippen molar-refractivity contribution in [1.29, 1.82) is 0 Å². The minimum atomic E-state index is -0.0414. The summed E-state index contributed by atoms with van der Waals surface area (Å²) in [5.41, 5.74) is 9.37. The van der Waals surface area contributed by atoms with Crippen molar-refractivity contribution in [1.82, 2.24) is 0 Å². The molecule has 2 nitrogen and oxygen atoms in total. The number of hydrogen-bond acceptors (Lipinski definition) is 1. The fourth-order valence-corrected chi connectivity index (χ4v) is 5.80. The van der Waals surface area contributed by atoms with Gasteiger partial charge >= 0.3 is 0 Å². The number of fused-ring (bicyclic) bond motifs is 4. The Balaban J connectivity index is 1.57. The Hall–Kier alpha value is -3.13. The molecular weight excluding hydrogens is 388 g/mol. The van der Waals surface area contributed by atoms with E-state index in [4.69, 9.17) is 0 Å². The molecule has 0 saturated carbocycles. The van der Waals surface area contributed by atoms with Crippen LogP contribution in [0.2, 0.25) is 0 Å². The predicted molar refractivity (Wildman–Crippen MR) is 138 cm³/mol. The first-order valence-corrected chi connectivity index (χ1v) is 11.5. The van der Waals surface area contributed by atoms with Crippen LogP contribution in [0.5, 0.6) is 0 Å². The number of anilines is 1. The molecule has 0 fully saturated rings. The van der Waals surface area contributed by atoms with Crippen molar-refractivity contribution in [2.24, 2.45) is 0 Å². The molecule has 2 aliphatic heterocycles. The van der Waals surface area contributed by atoms with Crippen LogP contribution in [0.1, 0.15) is 44.4 Å². The maximum atomic E-state index is 2.38. The maximum Gasteiger partial charge on any atom is 0.217 e. The second-order valence-electron chi connectivity index (χ2n) is 10.4. The number of aryl methyl sites for hydroxylation is 1. The van der Waals surface area contributed by atoms with Crippen molar-refractivity contribution in [3.63, 3.8) is 0 Å². The average molecular weight is 422 g/mol. The molecule has 5 rings (SSSR count). The first-order chi connectivity index (χ1) is 15.1. The lowest BCUT2D eigenvalue weighted by Gasteiger charge is -2.23. The van der Waals surface area contributed by atoms with Gasteiger partial charge in [0.15, 0.2) is 5.71 Å². The summed E-state index contributed by atoms with van der Waals surface area (Å²) in [5, 5.41) is 2.62. The topological polar surface area (TPSA) is 6.25 Å². The lowest BCUT2D eigenvalue weighted by molar-refractivity contribution is -0.399. The van der Waals surface area contributed by atoms with E-state index < -0.39 is 0 Å². The summed E-state index contributed by atoms with van der Waals surface area (Å²) in [4.78, 5) is 2.34. The van der Waals surface area contributed by atoms with Gasteiger partial charge in [0, 0.05) is 35.5 Å². The molecule has 0 aliphatic carbocycles. The largest absolute Gasteiger partial charge is 0.347 e. The predicted octanol–water partition coefficient (Wildman–Crippen LogP) is 7.02. The third kappa shape index (κ3) is 2.82. The molecule has 2 heteroatoms. The number of rotatable bonds is 2. The SMILES string of the molecule is Cc1ccc2c(c1)C(C)(C)/C(=C/C=C/C1=[N+](C)c3c(ccc4ccccc34)C1(C)C)N2C. The first kappa shape index (κ1) is 20.8. The molecule has 0 bridgehead atoms. The molecule has 0 radical (unpaired) electrons. The summed E-state index contributed by atoms with van der Waals surface area (Å²) in [5.74, 6) is 0. The molecule has 3 aromatic carbocycles. The van der Waals surface area contributed by atoms with E-state index in [9.17, 15) is 0 Å². The molecule has 2 heterocycles. The van der Waals surface area contributed by atoms with Gasteiger partial charge in [-0.2, -0.15) is 4.58 Å². The zero-order valence-corrected chi connectivity index (χ0v) is 20.3. The summed E-state index contributed by atoms with van der Waals surface area (Å²) in [6.07, 6.45) is 6.85. The Kier molecular flexibility index (Phi) is 4.50. The van der Waals surface area contributed by atoms with E-state index in [-0.39, 0.29) is 10.8 Å². The van der Waals surface area contributed by atoms with Crippen molar-refractivity contribution in [2.75, 3.05) is 19.0 Å². The lowest BCUT2D eigenvalue weighted by atomic mass is 9.80. The number of allylic oxidation sites excluding steroid dienone is 4. The van der Waals surface area contributed by atoms with E-state index in [1.807, 2.05) is 0 Å². The van der Waals surface area contributed by atoms with Gasteiger partial charge in [0.05, 0.1) is 10.8 Å². The third-order valence-corrected chi connectivity index (χ3v) is 7.61. The summed E-state index contributed by atoms with van der Waals surface area (Å²) in [7, 11) is 4.39. The average Bonchev–Trinajstić information content (AvgIpc) is 3.07. The molecule has 0 atom stereocenters. The lowest BCUT2D eigenvalue weighted by Crippen LogP contribution is -2.26. The molecule has 0 spiro atoms. The normalized spacial score (nSPS) is 20.0. The summed E-state index contributed by atoms with van der Waals surface area (Å²) >= 11 is 0. The monoisotopic (exact) mass is 421 g/mol. The van der Waals surface area contributed by atoms with Gasteiger partial charge in [-0.3, -0.25) is 0 Å². The van der Waals surface area contributed by atoms with Crippen molar-refractivity contribution in [3.8, 4) is 0 Å². The Morgan fingerprint density at radius 3 is 2.41 bits per heavy atom. The van der Waals surface area contributed by atoms with Crippen LogP contribution in [0.15, 0.2) is 78.5 Å². The van der Waals surface area contributed by atoms with Gasteiger partial charge in [-0.25, -0.2) is 0 Å². The van der Waals surface area contributed by atoms with E-state index in [2.05, 4.69) is 131 Å². The van der Waals surface area contributed by atoms with Crippen LogP contribution >= 0.6 is 0 Å². The molecule has 0 amide bonds. The van der Waals surface area contributed by atoms with Crippen LogP contribution in [-0.4, -0.2) is 24.4 Å². The van der Waals surface area contributed by atoms with Gasteiger partial charge in [-0.05, 0) is 49.9 Å². The van der Waals surface area contributed by atoms with Crippen LogP contribution < -0.4 is 4.90 Å². The summed E-state index contributed by atoms with van der Waals surface area (Å²) in [6, 6.07) is 20.0. The summed E-state index contributed by atoms with van der Waals surface area (Å²) < 4.78 is 2.38. The molecule has 2 aliphatic rings. The van der Waals surface area contributed by atoms with E-state index in [1.165, 1.54) is 50.2 Å². The van der Waals surface area contributed by atoms with Gasteiger partial charge in [0.1, 0.15) is 7.05 Å². The second-order valence-corrected chi connectivity index (χ2v) is 10.4. The maximum absolute atomic E-state index is 2.38.